The summed E-state index contributed by atoms with van der Waals surface area (Å²) >= 11 is 0. The van der Waals surface area contributed by atoms with Gasteiger partial charge in [-0.1, -0.05) is 24.3 Å². The molecule has 0 amide bonds. The highest BCUT2D eigenvalue weighted by atomic mass is 16.6. The Balaban J connectivity index is 1.37. The van der Waals surface area contributed by atoms with Crippen LogP contribution in [0.15, 0.2) is 91.6 Å². The Labute approximate surface area is 359 Å². The molecule has 0 saturated carbocycles. The predicted octanol–water partition coefficient (Wildman–Crippen LogP) is 4.28. The molecule has 0 radical (unpaired) electrons. The zero-order valence-electron chi connectivity index (χ0n) is 35.3. The first-order valence-corrected chi connectivity index (χ1v) is 21.8. The van der Waals surface area contributed by atoms with E-state index in [1.807, 2.05) is 25.3 Å². The third-order valence-electron chi connectivity index (χ3n) is 14.3. The summed E-state index contributed by atoms with van der Waals surface area (Å²) < 4.78 is 20.3. The number of hydrogen-bond donors (Lipinski definition) is 9. The van der Waals surface area contributed by atoms with Gasteiger partial charge in [-0.3, -0.25) is 10.1 Å². The Kier molecular flexibility index (Phi) is 11.0. The number of nitrogens with two attached hydrogens (primary N) is 1. The smallest absolute Gasteiger partial charge is 0.336 e. The highest BCUT2D eigenvalue weighted by molar-refractivity contribution is 5.92. The topological polar surface area (TPSA) is 229 Å². The number of carbonyl (C=O) groups is 1. The molecule has 1 unspecified atom stereocenters. The first kappa shape index (κ1) is 41.8. The number of rotatable bonds is 7. The van der Waals surface area contributed by atoms with Crippen molar-refractivity contribution in [2.75, 3.05) is 19.8 Å². The van der Waals surface area contributed by atoms with E-state index in [0.717, 1.165) is 41.2 Å². The second-order valence-electron chi connectivity index (χ2n) is 17.9. The van der Waals surface area contributed by atoms with Gasteiger partial charge in [-0.2, -0.15) is 0 Å². The number of benzene rings is 2. The largest absolute Gasteiger partial charge is 0.508 e. The maximum atomic E-state index is 14.2. The van der Waals surface area contributed by atoms with Crippen LogP contribution in [-0.2, 0) is 29.0 Å². The zero-order valence-corrected chi connectivity index (χ0v) is 35.3. The Bertz CT molecular complexity index is 2550. The Hall–Kier alpha value is -5.54. The number of piperidine rings is 1. The summed E-state index contributed by atoms with van der Waals surface area (Å²) in [6, 6.07) is 6.71. The number of fused-ring (bicyclic) bond motifs is 6. The molecular formula is C48H56N4O10. The lowest BCUT2D eigenvalue weighted by Gasteiger charge is -2.50. The molecule has 1 aromatic heterocycles. The molecule has 3 aromatic rings. The van der Waals surface area contributed by atoms with Gasteiger partial charge in [0.25, 0.3) is 0 Å². The molecule has 6 heterocycles. The van der Waals surface area contributed by atoms with Crippen molar-refractivity contribution in [3.8, 4) is 17.2 Å². The third kappa shape index (κ3) is 6.97. The van der Waals surface area contributed by atoms with E-state index in [1.54, 1.807) is 19.1 Å². The van der Waals surface area contributed by atoms with Gasteiger partial charge in [0, 0.05) is 60.2 Å². The lowest BCUT2D eigenvalue weighted by Crippen LogP contribution is -2.57. The number of dihydropyridines is 2. The maximum absolute atomic E-state index is 14.2. The van der Waals surface area contributed by atoms with E-state index in [-0.39, 0.29) is 57.9 Å². The number of esters is 1. The second kappa shape index (κ2) is 16.3. The number of nitrogens with one attached hydrogen (secondary N) is 3. The molecule has 10 N–H and O–H groups in total. The second-order valence-corrected chi connectivity index (χ2v) is 17.9. The molecule has 0 spiro atoms. The summed E-state index contributed by atoms with van der Waals surface area (Å²) in [7, 11) is 0. The van der Waals surface area contributed by atoms with E-state index < -0.39 is 66.4 Å². The lowest BCUT2D eigenvalue weighted by molar-refractivity contribution is -0.166. The summed E-state index contributed by atoms with van der Waals surface area (Å²) in [5.74, 6) is -2.70. The number of phenols is 2. The number of aliphatic hydroxyl groups excluding tert-OH is 3. The Morgan fingerprint density at radius 2 is 1.95 bits per heavy atom. The normalized spacial score (nSPS) is 29.2. The molecule has 328 valence electrons. The predicted molar refractivity (Wildman–Crippen MR) is 231 cm³/mol. The highest BCUT2D eigenvalue weighted by Crippen LogP contribution is 2.59. The van der Waals surface area contributed by atoms with Crippen molar-refractivity contribution in [3.05, 3.63) is 121 Å². The molecule has 4 bridgehead atoms. The molecule has 1 aliphatic carbocycles. The fourth-order valence-corrected chi connectivity index (χ4v) is 11.1. The van der Waals surface area contributed by atoms with Gasteiger partial charge in [-0.05, 0) is 111 Å². The van der Waals surface area contributed by atoms with Gasteiger partial charge in [0.05, 0.1) is 25.0 Å². The molecule has 14 heteroatoms. The van der Waals surface area contributed by atoms with Crippen LogP contribution in [0.4, 0.5) is 0 Å². The fourth-order valence-electron chi connectivity index (χ4n) is 11.1. The van der Waals surface area contributed by atoms with Crippen LogP contribution in [0.3, 0.4) is 0 Å². The first-order chi connectivity index (χ1) is 29.9. The SMILES string of the molecule is C/C=C(/CO)C(=O)O[C@@H]1Cc2c3c(c4oc(CO)cc(=O)c4c2O)[C@@H]2C4=CCNC(N)=C4[C@@H](CCc4ccc(O)cc4[C@H]2CO)C[C@@H](CC2=CNC4N[C@@H](C)CCC4=C2)[C@]1(C)O3. The van der Waals surface area contributed by atoms with E-state index in [9.17, 15) is 35.1 Å². The summed E-state index contributed by atoms with van der Waals surface area (Å²) in [6.07, 6.45) is 10.8. The summed E-state index contributed by atoms with van der Waals surface area (Å²) in [4.78, 5) is 28.1. The standard InChI is InChI=1S/C48H56N4O10/c1-4-25(20-53)47(59)61-37-18-34-42(58)40-36(57)17-31(21-54)60-44(40)41-39-32-11-12-50-45(49)38(32)27(8-7-26-9-10-30(56)16-33(26)35(39)22-55)15-29(48(37,3)62-43(34)41)14-24-13-28-6-5-23(2)52-46(28)51-19-24/h4,9-11,13,16-17,19,23,27,29,35,37,39,46,50-56,58H,5-8,12,14-15,18,20-22,49H2,1-3H3/b25-4-/t23-,27-,29+,35+,37+,39+,46?,48-/m0/s1. The zero-order chi connectivity index (χ0) is 43.6. The Morgan fingerprint density at radius 1 is 1.13 bits per heavy atom. The molecule has 1 saturated heterocycles. The average Bonchev–Trinajstić information content (AvgIpc) is 3.30. The highest BCUT2D eigenvalue weighted by Gasteiger charge is 2.54. The van der Waals surface area contributed by atoms with Crippen molar-refractivity contribution < 1.29 is 44.2 Å². The van der Waals surface area contributed by atoms with Crippen LogP contribution in [-0.4, -0.2) is 75.2 Å². The van der Waals surface area contributed by atoms with E-state index in [4.69, 9.17) is 19.6 Å². The molecule has 62 heavy (non-hydrogen) atoms. The number of aliphatic hydroxyl groups is 3. The summed E-state index contributed by atoms with van der Waals surface area (Å²) in [6.45, 7) is 4.55. The van der Waals surface area contributed by atoms with Gasteiger partial charge in [0.15, 0.2) is 5.43 Å². The number of carbonyl (C=O) groups excluding carboxylic acids is 1. The molecule has 9 rings (SSSR count). The fraction of sp³-hybridized carbons (Fsp3) is 0.458. The average molecular weight is 849 g/mol. The van der Waals surface area contributed by atoms with Crippen molar-refractivity contribution in [2.45, 2.75) is 108 Å². The van der Waals surface area contributed by atoms with E-state index >= 15 is 0 Å². The van der Waals surface area contributed by atoms with Gasteiger partial charge < -0.3 is 55.8 Å². The van der Waals surface area contributed by atoms with Crippen molar-refractivity contribution in [1.82, 2.24) is 16.0 Å². The molecule has 8 atom stereocenters. The summed E-state index contributed by atoms with van der Waals surface area (Å²) in [5.41, 5.74) is 11.3. The number of phenolic OH excluding ortho intramolecular Hbond substituents is 2. The summed E-state index contributed by atoms with van der Waals surface area (Å²) in [5, 5.41) is 66.0. The third-order valence-corrected chi connectivity index (χ3v) is 14.3. The van der Waals surface area contributed by atoms with E-state index in [2.05, 4.69) is 29.0 Å². The van der Waals surface area contributed by atoms with Crippen LogP contribution in [0.1, 0.15) is 92.7 Å². The molecule has 5 aliphatic heterocycles. The molecule has 6 aliphatic rings. The number of hydrogen-bond acceptors (Lipinski definition) is 14. The van der Waals surface area contributed by atoms with Crippen molar-refractivity contribution in [2.24, 2.45) is 17.6 Å². The van der Waals surface area contributed by atoms with Crippen molar-refractivity contribution in [3.63, 3.8) is 0 Å². The number of aromatic hydroxyl groups is 2. The van der Waals surface area contributed by atoms with Gasteiger partial charge in [-0.15, -0.1) is 0 Å². The van der Waals surface area contributed by atoms with E-state index in [0.29, 0.717) is 55.2 Å². The van der Waals surface area contributed by atoms with Crippen LogP contribution < -0.4 is 31.8 Å². The lowest BCUT2D eigenvalue weighted by atomic mass is 9.65. The quantitative estimate of drug-likeness (QED) is 0.120. The molecule has 2 aromatic carbocycles. The van der Waals surface area contributed by atoms with Gasteiger partial charge >= 0.3 is 5.97 Å². The number of allylic oxidation sites excluding steroid dienone is 5. The maximum Gasteiger partial charge on any atom is 0.336 e. The van der Waals surface area contributed by atoms with Crippen molar-refractivity contribution >= 4 is 16.9 Å². The van der Waals surface area contributed by atoms with Crippen LogP contribution in [0.5, 0.6) is 17.2 Å². The number of aryl methyl sites for hydroxylation is 1. The minimum absolute atomic E-state index is 0.0138. The van der Waals surface area contributed by atoms with Gasteiger partial charge in [-0.25, -0.2) is 4.79 Å². The van der Waals surface area contributed by atoms with Crippen molar-refractivity contribution in [1.29, 1.82) is 0 Å². The molecular weight excluding hydrogens is 793 g/mol. The number of ether oxygens (including phenoxy) is 2. The Morgan fingerprint density at radius 3 is 2.71 bits per heavy atom. The van der Waals surface area contributed by atoms with E-state index in [1.165, 1.54) is 11.6 Å². The van der Waals surface area contributed by atoms with Crippen LogP contribution >= 0.6 is 0 Å². The molecule has 14 nitrogen and oxygen atoms in total. The monoisotopic (exact) mass is 848 g/mol. The first-order valence-electron chi connectivity index (χ1n) is 21.8. The van der Waals surface area contributed by atoms with Crippen LogP contribution in [0.2, 0.25) is 0 Å². The molecule has 1 fully saturated rings. The van der Waals surface area contributed by atoms with Crippen LogP contribution in [0.25, 0.3) is 11.0 Å². The minimum atomic E-state index is -1.33. The minimum Gasteiger partial charge on any atom is -0.508 e. The van der Waals surface area contributed by atoms with Gasteiger partial charge in [0.2, 0.25) is 0 Å². The van der Waals surface area contributed by atoms with Crippen LogP contribution in [0, 0.1) is 11.8 Å². The van der Waals surface area contributed by atoms with Gasteiger partial charge in [0.1, 0.15) is 58.1 Å².